The molecule has 0 saturated carbocycles. The minimum Gasteiger partial charge on any atom is -0.486 e. The van der Waals surface area contributed by atoms with Crippen molar-refractivity contribution in [3.05, 3.63) is 58.7 Å². The van der Waals surface area contributed by atoms with Gasteiger partial charge in [0.1, 0.15) is 13.2 Å². The van der Waals surface area contributed by atoms with Crippen LogP contribution in [0.4, 0.5) is 0 Å². The van der Waals surface area contributed by atoms with Gasteiger partial charge >= 0.3 is 0 Å². The number of ketones is 1. The Morgan fingerprint density at radius 2 is 1.64 bits per heavy atom. The van der Waals surface area contributed by atoms with E-state index < -0.39 is 0 Å². The number of fused-ring (bicyclic) bond motifs is 1. The summed E-state index contributed by atoms with van der Waals surface area (Å²) >= 11 is 0. The molecule has 0 unspecified atom stereocenters. The summed E-state index contributed by atoms with van der Waals surface area (Å²) in [7, 11) is 0. The number of aryl methyl sites for hydroxylation is 2. The average Bonchev–Trinajstić information content (AvgIpc) is 2.74. The molecule has 2 aromatic carbocycles. The van der Waals surface area contributed by atoms with Crippen molar-refractivity contribution in [3.8, 4) is 11.5 Å². The van der Waals surface area contributed by atoms with Crippen molar-refractivity contribution in [2.24, 2.45) is 5.92 Å². The first kappa shape index (κ1) is 18.5. The van der Waals surface area contributed by atoms with Crippen LogP contribution in [0.2, 0.25) is 0 Å². The first-order chi connectivity index (χ1) is 13.5. The molecule has 5 nitrogen and oxygen atoms in total. The van der Waals surface area contributed by atoms with Crippen LogP contribution < -0.4 is 9.47 Å². The summed E-state index contributed by atoms with van der Waals surface area (Å²) in [5, 5.41) is 0. The van der Waals surface area contributed by atoms with Crippen molar-refractivity contribution >= 4 is 11.7 Å². The number of carbonyl (C=O) groups is 2. The molecule has 4 rings (SSSR count). The van der Waals surface area contributed by atoms with Crippen molar-refractivity contribution < 1.29 is 19.1 Å². The normalized spacial score (nSPS) is 16.7. The number of hydrogen-bond donors (Lipinski definition) is 0. The van der Waals surface area contributed by atoms with Gasteiger partial charge in [-0.15, -0.1) is 0 Å². The molecule has 2 aliphatic rings. The van der Waals surface area contributed by atoms with Gasteiger partial charge in [0.2, 0.25) is 0 Å². The van der Waals surface area contributed by atoms with Gasteiger partial charge in [0.15, 0.2) is 17.3 Å². The van der Waals surface area contributed by atoms with Crippen molar-refractivity contribution in [2.45, 2.75) is 26.7 Å². The van der Waals surface area contributed by atoms with Gasteiger partial charge in [-0.2, -0.15) is 0 Å². The van der Waals surface area contributed by atoms with Crippen LogP contribution in [0.1, 0.15) is 44.7 Å². The van der Waals surface area contributed by atoms with Gasteiger partial charge < -0.3 is 14.4 Å². The molecule has 1 amide bonds. The zero-order chi connectivity index (χ0) is 19.7. The molecule has 5 heteroatoms. The van der Waals surface area contributed by atoms with E-state index in [9.17, 15) is 9.59 Å². The van der Waals surface area contributed by atoms with Gasteiger partial charge in [-0.05, 0) is 56.5 Å². The standard InChI is InChI=1S/C23H25NO4/c1-15-3-4-16(2)19(13-15)23(26)24-9-7-17(8-10-24)22(25)18-5-6-20-21(14-18)28-12-11-27-20/h3-6,13-14,17H,7-12H2,1-2H3. The maximum Gasteiger partial charge on any atom is 0.254 e. The molecular formula is C23H25NO4. The summed E-state index contributed by atoms with van der Waals surface area (Å²) in [6, 6.07) is 11.4. The molecule has 0 aromatic heterocycles. The lowest BCUT2D eigenvalue weighted by molar-refractivity contribution is 0.0649. The average molecular weight is 379 g/mol. The van der Waals surface area contributed by atoms with Crippen LogP contribution in [0.3, 0.4) is 0 Å². The summed E-state index contributed by atoms with van der Waals surface area (Å²) in [6.07, 6.45) is 1.37. The van der Waals surface area contributed by atoms with Crippen molar-refractivity contribution in [2.75, 3.05) is 26.3 Å². The van der Waals surface area contributed by atoms with Crippen LogP contribution in [0.5, 0.6) is 11.5 Å². The molecule has 0 aliphatic carbocycles. The van der Waals surface area contributed by atoms with E-state index in [0.29, 0.717) is 56.2 Å². The second-order valence-corrected chi connectivity index (χ2v) is 7.61. The SMILES string of the molecule is Cc1ccc(C)c(C(=O)N2CCC(C(=O)c3ccc4c(c3)OCCO4)CC2)c1. The molecule has 1 saturated heterocycles. The van der Waals surface area contributed by atoms with Crippen molar-refractivity contribution in [1.82, 2.24) is 4.90 Å². The van der Waals surface area contributed by atoms with Gasteiger partial charge in [-0.25, -0.2) is 0 Å². The molecule has 2 aromatic rings. The number of carbonyl (C=O) groups excluding carboxylic acids is 2. The summed E-state index contributed by atoms with van der Waals surface area (Å²) in [5.74, 6) is 1.45. The largest absolute Gasteiger partial charge is 0.486 e. The number of nitrogens with zero attached hydrogens (tertiary/aromatic N) is 1. The molecule has 1 fully saturated rings. The van der Waals surface area contributed by atoms with E-state index in [2.05, 4.69) is 0 Å². The molecule has 0 bridgehead atoms. The van der Waals surface area contributed by atoms with Crippen LogP contribution in [0.15, 0.2) is 36.4 Å². The Bertz CT molecular complexity index is 913. The summed E-state index contributed by atoms with van der Waals surface area (Å²) < 4.78 is 11.1. The number of rotatable bonds is 3. The Hall–Kier alpha value is -2.82. The smallest absolute Gasteiger partial charge is 0.254 e. The number of ether oxygens (including phenoxy) is 2. The van der Waals surface area contributed by atoms with E-state index in [1.54, 1.807) is 12.1 Å². The van der Waals surface area contributed by atoms with Crippen molar-refractivity contribution in [1.29, 1.82) is 0 Å². The predicted octanol–water partition coefficient (Wildman–Crippen LogP) is 3.81. The fourth-order valence-electron chi connectivity index (χ4n) is 3.91. The summed E-state index contributed by atoms with van der Waals surface area (Å²) in [4.78, 5) is 27.7. The second kappa shape index (κ2) is 7.66. The molecule has 0 N–H and O–H groups in total. The Labute approximate surface area is 165 Å². The number of likely N-dealkylation sites (tertiary alicyclic amines) is 1. The van der Waals surface area contributed by atoms with Gasteiger partial charge in [-0.1, -0.05) is 17.7 Å². The fraction of sp³-hybridized carbons (Fsp3) is 0.391. The van der Waals surface area contributed by atoms with E-state index in [1.165, 1.54) is 0 Å². The van der Waals surface area contributed by atoms with Crippen molar-refractivity contribution in [3.63, 3.8) is 0 Å². The van der Waals surface area contributed by atoms with Gasteiger partial charge in [0, 0.05) is 30.1 Å². The van der Waals surface area contributed by atoms with E-state index in [0.717, 1.165) is 16.7 Å². The topological polar surface area (TPSA) is 55.8 Å². The highest BCUT2D eigenvalue weighted by atomic mass is 16.6. The first-order valence-corrected chi connectivity index (χ1v) is 9.83. The van der Waals surface area contributed by atoms with E-state index >= 15 is 0 Å². The third-order valence-electron chi connectivity index (χ3n) is 5.60. The highest BCUT2D eigenvalue weighted by Gasteiger charge is 2.29. The maximum absolute atomic E-state index is 12.9. The third-order valence-corrected chi connectivity index (χ3v) is 5.60. The van der Waals surface area contributed by atoms with Crippen LogP contribution >= 0.6 is 0 Å². The number of Topliss-reactive ketones (excluding diaryl/α,β-unsaturated/α-hetero) is 1. The minimum absolute atomic E-state index is 0.0615. The molecule has 0 radical (unpaired) electrons. The Kier molecular flexibility index (Phi) is 5.07. The Balaban J connectivity index is 1.42. The summed E-state index contributed by atoms with van der Waals surface area (Å²) in [5.41, 5.74) is 3.49. The lowest BCUT2D eigenvalue weighted by Gasteiger charge is -2.32. The lowest BCUT2D eigenvalue weighted by Crippen LogP contribution is -2.40. The van der Waals surface area contributed by atoms with Crippen LogP contribution in [-0.4, -0.2) is 42.9 Å². The van der Waals surface area contributed by atoms with Crippen LogP contribution in [0.25, 0.3) is 0 Å². The van der Waals surface area contributed by atoms with Gasteiger partial charge in [-0.3, -0.25) is 9.59 Å². The first-order valence-electron chi connectivity index (χ1n) is 9.83. The molecule has 2 aliphatic heterocycles. The van der Waals surface area contributed by atoms with Crippen LogP contribution in [0, 0.1) is 19.8 Å². The highest BCUT2D eigenvalue weighted by Crippen LogP contribution is 2.32. The fourth-order valence-corrected chi connectivity index (χ4v) is 3.91. The van der Waals surface area contributed by atoms with Gasteiger partial charge in [0.05, 0.1) is 0 Å². The monoisotopic (exact) mass is 379 g/mol. The molecule has 2 heterocycles. The van der Waals surface area contributed by atoms with E-state index in [1.807, 2.05) is 43.0 Å². The summed E-state index contributed by atoms with van der Waals surface area (Å²) in [6.45, 7) is 6.20. The second-order valence-electron chi connectivity index (χ2n) is 7.61. The highest BCUT2D eigenvalue weighted by molar-refractivity contribution is 5.99. The zero-order valence-corrected chi connectivity index (χ0v) is 16.4. The van der Waals surface area contributed by atoms with E-state index in [-0.39, 0.29) is 17.6 Å². The number of benzene rings is 2. The third kappa shape index (κ3) is 3.61. The minimum atomic E-state index is -0.0646. The maximum atomic E-state index is 12.9. The molecule has 28 heavy (non-hydrogen) atoms. The quantitative estimate of drug-likeness (QED) is 0.761. The number of amides is 1. The Morgan fingerprint density at radius 3 is 2.39 bits per heavy atom. The van der Waals surface area contributed by atoms with Crippen LogP contribution in [-0.2, 0) is 0 Å². The zero-order valence-electron chi connectivity index (χ0n) is 16.4. The number of hydrogen-bond acceptors (Lipinski definition) is 4. The number of piperidine rings is 1. The Morgan fingerprint density at radius 1 is 0.929 bits per heavy atom. The molecular weight excluding hydrogens is 354 g/mol. The predicted molar refractivity (Wildman–Crippen MR) is 106 cm³/mol. The molecule has 0 atom stereocenters. The molecule has 146 valence electrons. The van der Waals surface area contributed by atoms with E-state index in [4.69, 9.17) is 9.47 Å². The van der Waals surface area contributed by atoms with Gasteiger partial charge in [0.25, 0.3) is 5.91 Å². The lowest BCUT2D eigenvalue weighted by atomic mass is 9.88. The molecule has 0 spiro atoms.